The van der Waals surface area contributed by atoms with Gasteiger partial charge in [0.25, 0.3) is 0 Å². The van der Waals surface area contributed by atoms with E-state index in [1.165, 1.54) is 24.0 Å². The first kappa shape index (κ1) is 21.8. The minimum Gasteiger partial charge on any atom is -0.328 e. The molecule has 0 N–H and O–H groups in total. The second kappa shape index (κ2) is 8.64. The average molecular weight is 424 g/mol. The van der Waals surface area contributed by atoms with Crippen molar-refractivity contribution in [2.24, 2.45) is 13.0 Å². The summed E-state index contributed by atoms with van der Waals surface area (Å²) in [7, 11) is 3.99. The number of carbonyl (C=O) groups excluding carboxylic acids is 1. The van der Waals surface area contributed by atoms with E-state index in [1.54, 1.807) is 0 Å². The molecule has 0 radical (unpaired) electrons. The maximum Gasteiger partial charge on any atom is 0.319 e. The highest BCUT2D eigenvalue weighted by atomic mass is 16.2. The summed E-state index contributed by atoms with van der Waals surface area (Å²) in [5, 5.41) is 8.65. The summed E-state index contributed by atoms with van der Waals surface area (Å²) in [6.07, 6.45) is 6.78. The number of aromatic nitrogens is 3. The predicted molar refractivity (Wildman–Crippen MR) is 124 cm³/mol. The summed E-state index contributed by atoms with van der Waals surface area (Å²) in [6, 6.07) is 6.99. The number of likely N-dealkylation sites (tertiary alicyclic amines) is 1. The van der Waals surface area contributed by atoms with Crippen molar-refractivity contribution in [3.63, 3.8) is 0 Å². The summed E-state index contributed by atoms with van der Waals surface area (Å²) in [5.41, 5.74) is 4.02. The van der Waals surface area contributed by atoms with Crippen molar-refractivity contribution in [2.45, 2.75) is 64.7 Å². The highest BCUT2D eigenvalue weighted by Gasteiger charge is 2.38. The van der Waals surface area contributed by atoms with Crippen LogP contribution in [0.25, 0.3) is 11.4 Å². The Morgan fingerprint density at radius 2 is 1.97 bits per heavy atom. The van der Waals surface area contributed by atoms with E-state index in [-0.39, 0.29) is 11.4 Å². The lowest BCUT2D eigenvalue weighted by Crippen LogP contribution is -2.46. The molecule has 4 rings (SSSR count). The van der Waals surface area contributed by atoms with Crippen molar-refractivity contribution < 1.29 is 4.79 Å². The van der Waals surface area contributed by atoms with Gasteiger partial charge in [0.15, 0.2) is 5.82 Å². The molecule has 6 nitrogen and oxygen atoms in total. The number of aryl methyl sites for hydroxylation is 2. The fourth-order valence-corrected chi connectivity index (χ4v) is 5.28. The molecule has 168 valence electrons. The summed E-state index contributed by atoms with van der Waals surface area (Å²) in [5.74, 6) is 2.40. The van der Waals surface area contributed by atoms with Gasteiger partial charge >= 0.3 is 6.03 Å². The van der Waals surface area contributed by atoms with Crippen LogP contribution < -0.4 is 0 Å². The molecule has 1 aliphatic heterocycles. The number of amides is 2. The molecule has 2 atom stereocenters. The standard InChI is InChI=1S/C25H37N5O/c1-18-9-10-20-11-12-21(23-27-26-19(2)29(23)5)17-22(20)25(18,3)13-16-28(4)24(31)30-14-7-6-8-15-30/h11-12,17-18H,6-10,13-16H2,1-5H3/t18-,25-/m1/s1. The first-order chi connectivity index (χ1) is 14.8. The van der Waals surface area contributed by atoms with Crippen LogP contribution in [0.2, 0.25) is 0 Å². The lowest BCUT2D eigenvalue weighted by Gasteiger charge is -2.43. The fourth-order valence-electron chi connectivity index (χ4n) is 5.28. The van der Waals surface area contributed by atoms with Gasteiger partial charge in [-0.15, -0.1) is 10.2 Å². The zero-order valence-corrected chi connectivity index (χ0v) is 19.8. The summed E-state index contributed by atoms with van der Waals surface area (Å²) < 4.78 is 2.05. The monoisotopic (exact) mass is 423 g/mol. The van der Waals surface area contributed by atoms with E-state index in [0.29, 0.717) is 5.92 Å². The molecule has 2 amide bonds. The van der Waals surface area contributed by atoms with Crippen LogP contribution in [0.3, 0.4) is 0 Å². The Hall–Kier alpha value is -2.37. The number of rotatable bonds is 4. The maximum absolute atomic E-state index is 12.9. The van der Waals surface area contributed by atoms with Crippen molar-refractivity contribution in [1.29, 1.82) is 0 Å². The fraction of sp³-hybridized carbons (Fsp3) is 0.640. The Bertz CT molecular complexity index is 945. The predicted octanol–water partition coefficient (Wildman–Crippen LogP) is 4.56. The van der Waals surface area contributed by atoms with Crippen molar-refractivity contribution in [3.8, 4) is 11.4 Å². The van der Waals surface area contributed by atoms with Crippen molar-refractivity contribution in [3.05, 3.63) is 35.2 Å². The molecule has 1 saturated heterocycles. The molecule has 1 aromatic carbocycles. The SMILES string of the molecule is Cc1nnc(-c2ccc3c(c2)[C@](C)(CCN(C)C(=O)N2CCCCC2)[C@H](C)CC3)n1C. The highest BCUT2D eigenvalue weighted by molar-refractivity contribution is 5.74. The van der Waals surface area contributed by atoms with Gasteiger partial charge in [-0.2, -0.15) is 0 Å². The summed E-state index contributed by atoms with van der Waals surface area (Å²) in [4.78, 5) is 16.9. The minimum atomic E-state index is 0.0354. The molecule has 1 aromatic heterocycles. The van der Waals surface area contributed by atoms with E-state index < -0.39 is 0 Å². The van der Waals surface area contributed by atoms with Crippen LogP contribution in [0.1, 0.15) is 62.9 Å². The Labute approximate surface area is 186 Å². The zero-order valence-electron chi connectivity index (χ0n) is 19.8. The van der Waals surface area contributed by atoms with Gasteiger partial charge in [0, 0.05) is 39.3 Å². The highest BCUT2D eigenvalue weighted by Crippen LogP contribution is 2.45. The van der Waals surface area contributed by atoms with Gasteiger partial charge in [-0.1, -0.05) is 26.0 Å². The topological polar surface area (TPSA) is 54.3 Å². The molecular formula is C25H37N5O. The number of piperidine rings is 1. The van der Waals surface area contributed by atoms with Crippen LogP contribution in [0.5, 0.6) is 0 Å². The largest absolute Gasteiger partial charge is 0.328 e. The molecule has 2 aromatic rings. The first-order valence-corrected chi connectivity index (χ1v) is 11.8. The average Bonchev–Trinajstić information content (AvgIpc) is 3.13. The number of urea groups is 1. The lowest BCUT2D eigenvalue weighted by atomic mass is 9.63. The molecule has 0 unspecified atom stereocenters. The molecule has 0 bridgehead atoms. The summed E-state index contributed by atoms with van der Waals surface area (Å²) >= 11 is 0. The second-order valence-electron chi connectivity index (χ2n) is 9.86. The van der Waals surface area contributed by atoms with Gasteiger partial charge in [0.2, 0.25) is 0 Å². The molecule has 2 aliphatic rings. The van der Waals surface area contributed by atoms with Crippen LogP contribution in [0, 0.1) is 12.8 Å². The van der Waals surface area contributed by atoms with Crippen molar-refractivity contribution >= 4 is 6.03 Å². The number of nitrogens with zero attached hydrogens (tertiary/aromatic N) is 5. The van der Waals surface area contributed by atoms with E-state index in [2.05, 4.69) is 46.8 Å². The van der Waals surface area contributed by atoms with Crippen LogP contribution >= 0.6 is 0 Å². The van der Waals surface area contributed by atoms with Gasteiger partial charge < -0.3 is 14.4 Å². The third-order valence-corrected chi connectivity index (χ3v) is 7.93. The van der Waals surface area contributed by atoms with E-state index in [0.717, 1.165) is 62.5 Å². The normalized spacial score (nSPS) is 23.5. The van der Waals surface area contributed by atoms with Gasteiger partial charge in [0.05, 0.1) is 0 Å². The van der Waals surface area contributed by atoms with Gasteiger partial charge in [-0.3, -0.25) is 0 Å². The Morgan fingerprint density at radius 3 is 2.65 bits per heavy atom. The van der Waals surface area contributed by atoms with Gasteiger partial charge in [-0.05, 0) is 74.0 Å². The Morgan fingerprint density at radius 1 is 1.23 bits per heavy atom. The van der Waals surface area contributed by atoms with Crippen molar-refractivity contribution in [1.82, 2.24) is 24.6 Å². The maximum atomic E-state index is 12.9. The number of hydrogen-bond acceptors (Lipinski definition) is 3. The van der Waals surface area contributed by atoms with Crippen LogP contribution in [-0.4, -0.2) is 57.3 Å². The molecule has 1 fully saturated rings. The number of benzene rings is 1. The molecule has 0 spiro atoms. The number of carbonyl (C=O) groups is 1. The third-order valence-electron chi connectivity index (χ3n) is 7.93. The number of hydrogen-bond donors (Lipinski definition) is 0. The molecule has 1 aliphatic carbocycles. The number of fused-ring (bicyclic) bond motifs is 1. The molecule has 2 heterocycles. The van der Waals surface area contributed by atoms with E-state index >= 15 is 0 Å². The quantitative estimate of drug-likeness (QED) is 0.724. The first-order valence-electron chi connectivity index (χ1n) is 11.8. The molecule has 0 saturated carbocycles. The van der Waals surface area contributed by atoms with E-state index in [4.69, 9.17) is 0 Å². The molecule has 31 heavy (non-hydrogen) atoms. The van der Waals surface area contributed by atoms with Crippen LogP contribution in [0.15, 0.2) is 18.2 Å². The second-order valence-corrected chi connectivity index (χ2v) is 9.86. The summed E-state index contributed by atoms with van der Waals surface area (Å²) in [6.45, 7) is 9.33. The smallest absolute Gasteiger partial charge is 0.319 e. The minimum absolute atomic E-state index is 0.0354. The van der Waals surface area contributed by atoms with Gasteiger partial charge in [-0.25, -0.2) is 4.79 Å². The van der Waals surface area contributed by atoms with Crippen molar-refractivity contribution in [2.75, 3.05) is 26.7 Å². The zero-order chi connectivity index (χ0) is 22.2. The molecular weight excluding hydrogens is 386 g/mol. The lowest BCUT2D eigenvalue weighted by molar-refractivity contribution is 0.145. The Kier molecular flexibility index (Phi) is 6.09. The van der Waals surface area contributed by atoms with Crippen LogP contribution in [0.4, 0.5) is 4.79 Å². The van der Waals surface area contributed by atoms with Crippen LogP contribution in [-0.2, 0) is 18.9 Å². The Balaban J connectivity index is 1.57. The van der Waals surface area contributed by atoms with E-state index in [9.17, 15) is 4.79 Å². The van der Waals surface area contributed by atoms with E-state index in [1.807, 2.05) is 30.8 Å². The third kappa shape index (κ3) is 4.09. The van der Waals surface area contributed by atoms with Gasteiger partial charge in [0.1, 0.15) is 5.82 Å². The molecule has 6 heteroatoms.